The first-order valence-electron chi connectivity index (χ1n) is 8.32. The third-order valence-corrected chi connectivity index (χ3v) is 6.63. The zero-order valence-electron chi connectivity index (χ0n) is 14.4. The maximum Gasteiger partial charge on any atom is 0.248 e. The molecule has 1 aromatic rings. The molecule has 1 aliphatic rings. The standard InChI is InChI=1S/C18H24Br2N2O2/c1-4-6-7-15(13-8-10-14(11-9-13)24-5-2)21-22-16(23)17(3)12-18(17,19)20/h8-11H,4-7,12H2,1-3H3,(H,22,23). The second kappa shape index (κ2) is 8.00. The van der Waals surface area contributed by atoms with Crippen molar-refractivity contribution < 1.29 is 9.53 Å². The molecule has 1 fully saturated rings. The lowest BCUT2D eigenvalue weighted by Gasteiger charge is -2.12. The highest BCUT2D eigenvalue weighted by molar-refractivity contribution is 9.25. The molecule has 0 spiro atoms. The number of unbranched alkanes of at least 4 members (excludes halogenated alkanes) is 1. The van der Waals surface area contributed by atoms with Crippen LogP contribution in [0.2, 0.25) is 0 Å². The lowest BCUT2D eigenvalue weighted by atomic mass is 10.0. The van der Waals surface area contributed by atoms with Gasteiger partial charge in [-0.05, 0) is 62.9 Å². The maximum absolute atomic E-state index is 12.4. The highest BCUT2D eigenvalue weighted by Gasteiger charge is 2.66. The third-order valence-electron chi connectivity index (χ3n) is 4.32. The van der Waals surface area contributed by atoms with Crippen LogP contribution in [-0.2, 0) is 4.79 Å². The van der Waals surface area contributed by atoms with Gasteiger partial charge in [0.1, 0.15) is 5.75 Å². The first kappa shape index (κ1) is 19.4. The van der Waals surface area contributed by atoms with Crippen molar-refractivity contribution in [1.29, 1.82) is 0 Å². The van der Waals surface area contributed by atoms with Crippen LogP contribution in [0.5, 0.6) is 5.75 Å². The van der Waals surface area contributed by atoms with E-state index in [-0.39, 0.29) is 9.14 Å². The van der Waals surface area contributed by atoms with E-state index in [0.717, 1.165) is 42.7 Å². The normalized spacial score (nSPS) is 22.1. The van der Waals surface area contributed by atoms with Crippen molar-refractivity contribution in [2.45, 2.75) is 49.7 Å². The molecule has 1 aliphatic carbocycles. The predicted molar refractivity (Wildman–Crippen MR) is 105 cm³/mol. The molecule has 1 N–H and O–H groups in total. The highest BCUT2D eigenvalue weighted by atomic mass is 79.9. The van der Waals surface area contributed by atoms with E-state index in [1.54, 1.807) is 0 Å². The van der Waals surface area contributed by atoms with Crippen LogP contribution in [0.3, 0.4) is 0 Å². The Morgan fingerprint density at radius 1 is 1.29 bits per heavy atom. The van der Waals surface area contributed by atoms with E-state index in [9.17, 15) is 4.79 Å². The average Bonchev–Trinajstić information content (AvgIpc) is 3.08. The zero-order valence-corrected chi connectivity index (χ0v) is 17.5. The smallest absolute Gasteiger partial charge is 0.248 e. The Kier molecular flexibility index (Phi) is 6.48. The number of halogens is 2. The van der Waals surface area contributed by atoms with E-state index in [0.29, 0.717) is 6.61 Å². The van der Waals surface area contributed by atoms with Gasteiger partial charge in [0, 0.05) is 0 Å². The molecular weight excluding hydrogens is 436 g/mol. The molecule has 24 heavy (non-hydrogen) atoms. The van der Waals surface area contributed by atoms with E-state index in [1.165, 1.54) is 0 Å². The number of nitrogens with zero attached hydrogens (tertiary/aromatic N) is 1. The summed E-state index contributed by atoms with van der Waals surface area (Å²) >= 11 is 7.04. The monoisotopic (exact) mass is 458 g/mol. The zero-order chi connectivity index (χ0) is 17.8. The minimum atomic E-state index is -0.467. The number of nitrogens with one attached hydrogen (secondary N) is 1. The van der Waals surface area contributed by atoms with Gasteiger partial charge >= 0.3 is 0 Å². The van der Waals surface area contributed by atoms with Crippen LogP contribution in [-0.4, -0.2) is 21.5 Å². The molecule has 1 aromatic carbocycles. The Morgan fingerprint density at radius 2 is 1.92 bits per heavy atom. The van der Waals surface area contributed by atoms with Crippen LogP contribution < -0.4 is 10.2 Å². The molecule has 4 nitrogen and oxygen atoms in total. The van der Waals surface area contributed by atoms with Crippen LogP contribution in [0.4, 0.5) is 0 Å². The molecule has 0 saturated heterocycles. The highest BCUT2D eigenvalue weighted by Crippen LogP contribution is 2.66. The number of hydrogen-bond donors (Lipinski definition) is 1. The summed E-state index contributed by atoms with van der Waals surface area (Å²) in [6.07, 6.45) is 3.68. The number of ether oxygens (including phenoxy) is 1. The molecule has 0 bridgehead atoms. The summed E-state index contributed by atoms with van der Waals surface area (Å²) in [5.41, 5.74) is 4.19. The fraction of sp³-hybridized carbons (Fsp3) is 0.556. The molecule has 0 heterocycles. The van der Waals surface area contributed by atoms with Gasteiger partial charge in [0.05, 0.1) is 21.0 Å². The van der Waals surface area contributed by atoms with Gasteiger partial charge in [-0.3, -0.25) is 4.79 Å². The minimum absolute atomic E-state index is 0.0730. The molecule has 1 unspecified atom stereocenters. The molecule has 0 aromatic heterocycles. The Hall–Kier alpha value is -0.880. The van der Waals surface area contributed by atoms with E-state index in [2.05, 4.69) is 49.3 Å². The number of alkyl halides is 2. The van der Waals surface area contributed by atoms with Crippen molar-refractivity contribution in [3.63, 3.8) is 0 Å². The Balaban J connectivity index is 2.11. The van der Waals surface area contributed by atoms with Gasteiger partial charge in [-0.25, -0.2) is 5.43 Å². The van der Waals surface area contributed by atoms with Gasteiger partial charge in [0.15, 0.2) is 0 Å². The molecule has 0 aliphatic heterocycles. The van der Waals surface area contributed by atoms with Crippen molar-refractivity contribution in [3.05, 3.63) is 29.8 Å². The van der Waals surface area contributed by atoms with Crippen LogP contribution in [0.1, 0.15) is 52.0 Å². The van der Waals surface area contributed by atoms with Gasteiger partial charge < -0.3 is 4.74 Å². The number of rotatable bonds is 8. The number of carbonyl (C=O) groups is 1. The van der Waals surface area contributed by atoms with E-state index < -0.39 is 5.41 Å². The molecule has 1 saturated carbocycles. The largest absolute Gasteiger partial charge is 0.494 e. The van der Waals surface area contributed by atoms with Crippen molar-refractivity contribution in [2.75, 3.05) is 6.61 Å². The van der Waals surface area contributed by atoms with Crippen molar-refractivity contribution >= 4 is 43.5 Å². The molecule has 0 radical (unpaired) electrons. The summed E-state index contributed by atoms with van der Waals surface area (Å²) in [6.45, 7) is 6.67. The van der Waals surface area contributed by atoms with Crippen LogP contribution >= 0.6 is 31.9 Å². The number of amides is 1. The molecule has 2 rings (SSSR count). The van der Waals surface area contributed by atoms with E-state index in [4.69, 9.17) is 4.74 Å². The van der Waals surface area contributed by atoms with E-state index in [1.807, 2.05) is 38.1 Å². The molecular formula is C18H24Br2N2O2. The number of hydrogen-bond acceptors (Lipinski definition) is 3. The lowest BCUT2D eigenvalue weighted by molar-refractivity contribution is -0.125. The summed E-state index contributed by atoms with van der Waals surface area (Å²) in [5.74, 6) is 0.769. The van der Waals surface area contributed by atoms with Gasteiger partial charge in [0.2, 0.25) is 5.91 Å². The minimum Gasteiger partial charge on any atom is -0.494 e. The Bertz CT molecular complexity index is 614. The molecule has 132 valence electrons. The SMILES string of the molecule is CCCCC(=NNC(=O)C1(C)CC1(Br)Br)c1ccc(OCC)cc1. The van der Waals surface area contributed by atoms with Gasteiger partial charge in [-0.1, -0.05) is 45.2 Å². The molecule has 1 amide bonds. The van der Waals surface area contributed by atoms with Crippen molar-refractivity contribution in [1.82, 2.24) is 5.43 Å². The number of hydrazone groups is 1. The molecule has 1 atom stereocenters. The van der Waals surface area contributed by atoms with Gasteiger partial charge in [-0.15, -0.1) is 0 Å². The quantitative estimate of drug-likeness (QED) is 0.338. The summed E-state index contributed by atoms with van der Waals surface area (Å²) in [5, 5.41) is 4.41. The lowest BCUT2D eigenvalue weighted by Crippen LogP contribution is -2.30. The Labute approximate surface area is 160 Å². The van der Waals surface area contributed by atoms with Crippen LogP contribution in [0.15, 0.2) is 29.4 Å². The van der Waals surface area contributed by atoms with Crippen LogP contribution in [0.25, 0.3) is 0 Å². The summed E-state index contributed by atoms with van der Waals surface area (Å²) in [7, 11) is 0. The fourth-order valence-corrected chi connectivity index (χ4v) is 3.89. The second-order valence-corrected chi connectivity index (χ2v) is 10.0. The number of carbonyl (C=O) groups excluding carboxylic acids is 1. The first-order chi connectivity index (χ1) is 11.3. The third kappa shape index (κ3) is 4.39. The second-order valence-electron chi connectivity index (χ2n) is 6.27. The maximum atomic E-state index is 12.4. The summed E-state index contributed by atoms with van der Waals surface area (Å²) in [4.78, 5) is 12.4. The van der Waals surface area contributed by atoms with Gasteiger partial charge in [-0.2, -0.15) is 5.10 Å². The van der Waals surface area contributed by atoms with Crippen LogP contribution in [0, 0.1) is 5.41 Å². The average molecular weight is 460 g/mol. The summed E-state index contributed by atoms with van der Waals surface area (Å²) < 4.78 is 5.17. The topological polar surface area (TPSA) is 50.7 Å². The predicted octanol–water partition coefficient (Wildman–Crippen LogP) is 4.99. The van der Waals surface area contributed by atoms with Crippen molar-refractivity contribution in [2.24, 2.45) is 10.5 Å². The fourth-order valence-electron chi connectivity index (χ4n) is 2.41. The van der Waals surface area contributed by atoms with E-state index >= 15 is 0 Å². The number of benzene rings is 1. The van der Waals surface area contributed by atoms with Gasteiger partial charge in [0.25, 0.3) is 0 Å². The molecule has 6 heteroatoms. The first-order valence-corrected chi connectivity index (χ1v) is 9.90. The van der Waals surface area contributed by atoms with Crippen molar-refractivity contribution in [3.8, 4) is 5.75 Å². The Morgan fingerprint density at radius 3 is 2.42 bits per heavy atom. The summed E-state index contributed by atoms with van der Waals surface area (Å²) in [6, 6.07) is 7.85.